The molecule has 16 heavy (non-hydrogen) atoms. The van der Waals surface area contributed by atoms with Gasteiger partial charge in [-0.3, -0.25) is 9.99 Å². The van der Waals surface area contributed by atoms with E-state index in [0.717, 1.165) is 16.4 Å². The number of nitrogens with zero attached hydrogens (tertiary/aromatic N) is 3. The van der Waals surface area contributed by atoms with Gasteiger partial charge in [-0.05, 0) is 12.0 Å². The molecule has 86 valence electrons. The van der Waals surface area contributed by atoms with Crippen molar-refractivity contribution in [1.29, 1.82) is 0 Å². The molecule has 0 amide bonds. The standard InChI is InChI=1S/C11H16N4S/c1-7(2)8(3)11-14-16-10-6-13-5-4-9(10)15(11)12/h4-8H,12H2,1-3H3. The Labute approximate surface area is 100 Å². The molecule has 0 saturated heterocycles. The van der Waals surface area contributed by atoms with Crippen molar-refractivity contribution in [3.63, 3.8) is 0 Å². The summed E-state index contributed by atoms with van der Waals surface area (Å²) >= 11 is 1.45. The monoisotopic (exact) mass is 236 g/mol. The number of hydrogen-bond donors (Lipinski definition) is 1. The molecule has 1 unspecified atom stereocenters. The van der Waals surface area contributed by atoms with E-state index in [4.69, 9.17) is 5.84 Å². The van der Waals surface area contributed by atoms with Gasteiger partial charge < -0.3 is 0 Å². The van der Waals surface area contributed by atoms with Gasteiger partial charge in [0, 0.05) is 30.3 Å². The largest absolute Gasteiger partial charge is 0.264 e. The molecule has 0 spiro atoms. The first-order chi connectivity index (χ1) is 7.61. The maximum Gasteiger partial charge on any atom is 0.135 e. The zero-order valence-electron chi connectivity index (χ0n) is 9.71. The van der Waals surface area contributed by atoms with Gasteiger partial charge in [-0.1, -0.05) is 20.8 Å². The van der Waals surface area contributed by atoms with Crippen molar-refractivity contribution in [2.45, 2.75) is 25.7 Å². The van der Waals surface area contributed by atoms with Gasteiger partial charge in [0.1, 0.15) is 5.84 Å². The minimum absolute atomic E-state index is 0.346. The summed E-state index contributed by atoms with van der Waals surface area (Å²) < 4.78 is 4.47. The molecule has 0 aromatic carbocycles. The average Bonchev–Trinajstić information content (AvgIpc) is 2.29. The first-order valence-electron chi connectivity index (χ1n) is 5.35. The van der Waals surface area contributed by atoms with E-state index < -0.39 is 0 Å². The van der Waals surface area contributed by atoms with E-state index in [0.29, 0.717) is 11.8 Å². The number of rotatable bonds is 2. The van der Waals surface area contributed by atoms with E-state index >= 15 is 0 Å². The Morgan fingerprint density at radius 2 is 2.12 bits per heavy atom. The molecule has 2 N–H and O–H groups in total. The van der Waals surface area contributed by atoms with Crippen molar-refractivity contribution in [3.8, 4) is 0 Å². The Morgan fingerprint density at radius 1 is 1.38 bits per heavy atom. The van der Waals surface area contributed by atoms with E-state index in [2.05, 4.69) is 30.2 Å². The van der Waals surface area contributed by atoms with E-state index in [1.807, 2.05) is 6.07 Å². The number of anilines is 1. The Kier molecular flexibility index (Phi) is 3.16. The molecule has 1 aliphatic heterocycles. The maximum atomic E-state index is 6.09. The first kappa shape index (κ1) is 11.4. The average molecular weight is 236 g/mol. The summed E-state index contributed by atoms with van der Waals surface area (Å²) in [4.78, 5) is 5.07. The first-order valence-corrected chi connectivity index (χ1v) is 6.12. The van der Waals surface area contributed by atoms with Crippen LogP contribution in [0.1, 0.15) is 20.8 Å². The Hall–Kier alpha value is -1.07. The highest BCUT2D eigenvalue weighted by atomic mass is 32.2. The van der Waals surface area contributed by atoms with E-state index in [9.17, 15) is 0 Å². The second-order valence-electron chi connectivity index (χ2n) is 4.29. The predicted octanol–water partition coefficient (Wildman–Crippen LogP) is 2.47. The van der Waals surface area contributed by atoms with Gasteiger partial charge in [0.25, 0.3) is 0 Å². The van der Waals surface area contributed by atoms with Crippen LogP contribution in [0.5, 0.6) is 0 Å². The molecule has 0 bridgehead atoms. The molecule has 0 saturated carbocycles. The molecule has 4 nitrogen and oxygen atoms in total. The smallest absolute Gasteiger partial charge is 0.135 e. The lowest BCUT2D eigenvalue weighted by Crippen LogP contribution is -2.43. The lowest BCUT2D eigenvalue weighted by atomic mass is 9.96. The lowest BCUT2D eigenvalue weighted by Gasteiger charge is -2.30. The fourth-order valence-electron chi connectivity index (χ4n) is 1.51. The van der Waals surface area contributed by atoms with Gasteiger partial charge in [-0.2, -0.15) is 4.40 Å². The van der Waals surface area contributed by atoms with Crippen molar-refractivity contribution >= 4 is 23.5 Å². The van der Waals surface area contributed by atoms with Gasteiger partial charge in [0.05, 0.1) is 10.6 Å². The summed E-state index contributed by atoms with van der Waals surface area (Å²) in [5.41, 5.74) is 0.984. The predicted molar refractivity (Wildman–Crippen MR) is 68.2 cm³/mol. The third-order valence-electron chi connectivity index (χ3n) is 2.91. The molecular weight excluding hydrogens is 220 g/mol. The lowest BCUT2D eigenvalue weighted by molar-refractivity contribution is 0.525. The fourth-order valence-corrected chi connectivity index (χ4v) is 2.32. The number of hydrazine groups is 1. The molecule has 1 aromatic rings. The molecule has 0 radical (unpaired) electrons. The van der Waals surface area contributed by atoms with Gasteiger partial charge in [-0.15, -0.1) is 0 Å². The van der Waals surface area contributed by atoms with Crippen LogP contribution in [-0.2, 0) is 0 Å². The van der Waals surface area contributed by atoms with Gasteiger partial charge in [0.2, 0.25) is 0 Å². The highest BCUT2D eigenvalue weighted by Gasteiger charge is 2.25. The summed E-state index contributed by atoms with van der Waals surface area (Å²) in [7, 11) is 0. The molecular formula is C11H16N4S. The summed E-state index contributed by atoms with van der Waals surface area (Å²) in [5, 5.41) is 1.68. The second kappa shape index (κ2) is 4.43. The fraction of sp³-hybridized carbons (Fsp3) is 0.455. The number of pyridine rings is 1. The zero-order valence-corrected chi connectivity index (χ0v) is 10.5. The molecule has 2 heterocycles. The van der Waals surface area contributed by atoms with E-state index in [1.54, 1.807) is 17.4 Å². The zero-order chi connectivity index (χ0) is 11.7. The molecule has 1 aromatic heterocycles. The van der Waals surface area contributed by atoms with Gasteiger partial charge in [-0.25, -0.2) is 5.84 Å². The third kappa shape index (κ3) is 1.92. The summed E-state index contributed by atoms with van der Waals surface area (Å²) in [6.07, 6.45) is 3.54. The third-order valence-corrected chi connectivity index (χ3v) is 3.70. The highest BCUT2D eigenvalue weighted by Crippen LogP contribution is 2.35. The summed E-state index contributed by atoms with van der Waals surface area (Å²) in [6.45, 7) is 6.50. The Balaban J connectivity index is 2.31. The van der Waals surface area contributed by atoms with Crippen LogP contribution in [0.25, 0.3) is 0 Å². The quantitative estimate of drug-likeness (QED) is 0.633. The van der Waals surface area contributed by atoms with Crippen LogP contribution in [0.2, 0.25) is 0 Å². The number of fused-ring (bicyclic) bond motifs is 1. The van der Waals surface area contributed by atoms with Crippen LogP contribution < -0.4 is 10.9 Å². The number of aromatic nitrogens is 1. The normalized spacial score (nSPS) is 17.1. The van der Waals surface area contributed by atoms with Gasteiger partial charge >= 0.3 is 0 Å². The van der Waals surface area contributed by atoms with Crippen LogP contribution in [0.4, 0.5) is 5.69 Å². The summed E-state index contributed by atoms with van der Waals surface area (Å²) in [6, 6.07) is 1.92. The molecule has 0 aliphatic carbocycles. The molecule has 2 rings (SSSR count). The highest BCUT2D eigenvalue weighted by molar-refractivity contribution is 7.98. The van der Waals surface area contributed by atoms with Crippen molar-refractivity contribution in [3.05, 3.63) is 18.5 Å². The topological polar surface area (TPSA) is 54.5 Å². The van der Waals surface area contributed by atoms with Gasteiger partial charge in [0.15, 0.2) is 0 Å². The van der Waals surface area contributed by atoms with Crippen LogP contribution in [0, 0.1) is 11.8 Å². The van der Waals surface area contributed by atoms with Crippen molar-refractivity contribution in [2.24, 2.45) is 22.1 Å². The maximum absolute atomic E-state index is 6.09. The SMILES string of the molecule is CC(C)C(C)C1=NSc2cnccc2N1N. The summed E-state index contributed by atoms with van der Waals surface area (Å²) in [5.74, 6) is 7.89. The minimum atomic E-state index is 0.346. The van der Waals surface area contributed by atoms with Crippen LogP contribution in [-0.4, -0.2) is 10.8 Å². The minimum Gasteiger partial charge on any atom is -0.264 e. The van der Waals surface area contributed by atoms with E-state index in [1.165, 1.54) is 11.9 Å². The second-order valence-corrected chi connectivity index (χ2v) is 5.09. The number of nitrogens with two attached hydrogens (primary N) is 1. The van der Waals surface area contributed by atoms with Crippen LogP contribution in [0.15, 0.2) is 27.8 Å². The molecule has 5 heteroatoms. The van der Waals surface area contributed by atoms with E-state index in [-0.39, 0.29) is 0 Å². The Bertz CT molecular complexity index is 416. The van der Waals surface area contributed by atoms with Crippen LogP contribution in [0.3, 0.4) is 0 Å². The van der Waals surface area contributed by atoms with Crippen molar-refractivity contribution < 1.29 is 0 Å². The number of hydrogen-bond acceptors (Lipinski definition) is 5. The van der Waals surface area contributed by atoms with Crippen LogP contribution >= 0.6 is 11.9 Å². The molecule has 0 fully saturated rings. The van der Waals surface area contributed by atoms with Crippen molar-refractivity contribution in [1.82, 2.24) is 4.98 Å². The molecule has 1 aliphatic rings. The number of amidine groups is 1. The Morgan fingerprint density at radius 3 is 2.81 bits per heavy atom. The van der Waals surface area contributed by atoms with Crippen molar-refractivity contribution in [2.75, 3.05) is 5.01 Å². The molecule has 1 atom stereocenters.